The van der Waals surface area contributed by atoms with Crippen molar-refractivity contribution in [1.29, 1.82) is 0 Å². The summed E-state index contributed by atoms with van der Waals surface area (Å²) in [6, 6.07) is 44.0. The average Bonchev–Trinajstić information content (AvgIpc) is 3.67. The number of nitrogens with zero attached hydrogens (tertiary/aromatic N) is 3. The molecule has 0 N–H and O–H groups in total. The van der Waals surface area contributed by atoms with Crippen LogP contribution in [0.3, 0.4) is 0 Å². The maximum absolute atomic E-state index is 4.98. The summed E-state index contributed by atoms with van der Waals surface area (Å²) in [6.07, 6.45) is 1.94. The number of fused-ring (bicyclic) bond motifs is 10. The Hall–Kier alpha value is -5.15. The smallest absolute Gasteiger partial charge is 0.113 e. The van der Waals surface area contributed by atoms with Crippen LogP contribution in [0.5, 0.6) is 0 Å². The second-order valence-corrected chi connectivity index (χ2v) is 11.7. The molecule has 0 fully saturated rings. The molecule has 0 aliphatic heterocycles. The summed E-state index contributed by atoms with van der Waals surface area (Å²) in [5, 5.41) is 5.19. The topological polar surface area (TPSA) is 22.8 Å². The third-order valence-electron chi connectivity index (χ3n) is 9.19. The van der Waals surface area contributed by atoms with E-state index in [1.807, 2.05) is 12.4 Å². The Morgan fingerprint density at radius 3 is 2.24 bits per heavy atom. The zero-order valence-electron chi connectivity index (χ0n) is 23.0. The second kappa shape index (κ2) is 7.96. The molecule has 0 bridgehead atoms. The quantitative estimate of drug-likeness (QED) is 0.220. The SMILES string of the molecule is CC1(C)c2ccccc2-c2c1ccc1ccc3c(c4ccccc4n3-c3cccc4c3ncn4-c3ccccc3)c21. The fourth-order valence-electron chi connectivity index (χ4n) is 7.33. The third kappa shape index (κ3) is 2.90. The molecule has 3 heteroatoms. The molecule has 8 aromatic rings. The third-order valence-corrected chi connectivity index (χ3v) is 9.19. The lowest BCUT2D eigenvalue weighted by Gasteiger charge is -2.21. The molecule has 3 nitrogen and oxygen atoms in total. The van der Waals surface area contributed by atoms with Gasteiger partial charge >= 0.3 is 0 Å². The summed E-state index contributed by atoms with van der Waals surface area (Å²) in [4.78, 5) is 4.98. The molecule has 1 aliphatic carbocycles. The first kappa shape index (κ1) is 22.6. The molecule has 0 saturated heterocycles. The first-order valence-corrected chi connectivity index (χ1v) is 14.2. The maximum atomic E-state index is 4.98. The Morgan fingerprint density at radius 1 is 0.585 bits per heavy atom. The standard InChI is InChI=1S/C38H27N3/c1-38(2)28-15-8-6-13-26(28)35-29(38)21-19-24-20-22-31-36(34(24)35)27-14-7-9-16-30(27)41(31)33-18-10-17-32-37(33)39-23-40(32)25-11-4-3-5-12-25/h3-23H,1-2H3. The summed E-state index contributed by atoms with van der Waals surface area (Å²) < 4.78 is 4.59. The lowest BCUT2D eigenvalue weighted by Crippen LogP contribution is -2.14. The van der Waals surface area contributed by atoms with Crippen molar-refractivity contribution >= 4 is 43.6 Å². The number of imidazole rings is 1. The van der Waals surface area contributed by atoms with Gasteiger partial charge in [-0.3, -0.25) is 4.57 Å². The zero-order valence-corrected chi connectivity index (χ0v) is 23.0. The van der Waals surface area contributed by atoms with Gasteiger partial charge in [-0.15, -0.1) is 0 Å². The van der Waals surface area contributed by atoms with Gasteiger partial charge in [-0.25, -0.2) is 4.98 Å². The van der Waals surface area contributed by atoms with Crippen molar-refractivity contribution in [2.75, 3.05) is 0 Å². The Bertz CT molecular complexity index is 2330. The van der Waals surface area contributed by atoms with Crippen LogP contribution in [0.15, 0.2) is 128 Å². The molecule has 0 unspecified atom stereocenters. The fourth-order valence-corrected chi connectivity index (χ4v) is 7.33. The van der Waals surface area contributed by atoms with Crippen molar-refractivity contribution in [3.8, 4) is 22.5 Å². The Morgan fingerprint density at radius 2 is 1.34 bits per heavy atom. The first-order valence-electron chi connectivity index (χ1n) is 14.2. The van der Waals surface area contributed by atoms with E-state index in [1.165, 1.54) is 54.8 Å². The molecule has 2 heterocycles. The molecule has 0 saturated carbocycles. The summed E-state index contributed by atoms with van der Waals surface area (Å²) in [7, 11) is 0. The van der Waals surface area contributed by atoms with Gasteiger partial charge in [0.05, 0.1) is 22.2 Å². The van der Waals surface area contributed by atoms with Gasteiger partial charge in [-0.2, -0.15) is 0 Å². The van der Waals surface area contributed by atoms with Crippen LogP contribution < -0.4 is 0 Å². The van der Waals surface area contributed by atoms with E-state index in [2.05, 4.69) is 138 Å². The molecule has 0 spiro atoms. The van der Waals surface area contributed by atoms with Gasteiger partial charge in [0.1, 0.15) is 11.8 Å². The molecule has 41 heavy (non-hydrogen) atoms. The minimum Gasteiger partial charge on any atom is -0.307 e. The molecule has 9 rings (SSSR count). The van der Waals surface area contributed by atoms with Crippen molar-refractivity contribution in [1.82, 2.24) is 14.1 Å². The number of benzene rings is 6. The monoisotopic (exact) mass is 525 g/mol. The van der Waals surface area contributed by atoms with Crippen LogP contribution in [0.2, 0.25) is 0 Å². The summed E-state index contributed by atoms with van der Waals surface area (Å²) in [6.45, 7) is 4.72. The van der Waals surface area contributed by atoms with Crippen molar-refractivity contribution < 1.29 is 0 Å². The van der Waals surface area contributed by atoms with Crippen molar-refractivity contribution in [3.63, 3.8) is 0 Å². The van der Waals surface area contributed by atoms with Gasteiger partial charge in [0, 0.05) is 21.9 Å². The highest BCUT2D eigenvalue weighted by Crippen LogP contribution is 2.53. The molecular formula is C38H27N3. The average molecular weight is 526 g/mol. The molecule has 2 aromatic heterocycles. The van der Waals surface area contributed by atoms with Gasteiger partial charge in [0.2, 0.25) is 0 Å². The van der Waals surface area contributed by atoms with Gasteiger partial charge < -0.3 is 4.57 Å². The van der Waals surface area contributed by atoms with Crippen molar-refractivity contribution in [2.24, 2.45) is 0 Å². The molecule has 0 amide bonds. The van der Waals surface area contributed by atoms with Crippen LogP contribution in [-0.4, -0.2) is 14.1 Å². The van der Waals surface area contributed by atoms with Crippen LogP contribution in [-0.2, 0) is 5.41 Å². The molecule has 1 aliphatic rings. The highest BCUT2D eigenvalue weighted by molar-refractivity contribution is 6.26. The predicted octanol–water partition coefficient (Wildman–Crippen LogP) is 9.58. The van der Waals surface area contributed by atoms with Crippen LogP contribution in [0.4, 0.5) is 0 Å². The van der Waals surface area contributed by atoms with E-state index in [0.29, 0.717) is 0 Å². The maximum Gasteiger partial charge on any atom is 0.113 e. The molecule has 6 aromatic carbocycles. The minimum absolute atomic E-state index is 0.0451. The van der Waals surface area contributed by atoms with E-state index in [1.54, 1.807) is 0 Å². The summed E-state index contributed by atoms with van der Waals surface area (Å²) in [5.41, 5.74) is 12.2. The first-order chi connectivity index (χ1) is 20.1. The van der Waals surface area contributed by atoms with E-state index in [-0.39, 0.29) is 5.41 Å². The number of hydrogen-bond acceptors (Lipinski definition) is 1. The van der Waals surface area contributed by atoms with Crippen LogP contribution in [0.1, 0.15) is 25.0 Å². The number of rotatable bonds is 2. The van der Waals surface area contributed by atoms with E-state index in [9.17, 15) is 0 Å². The number of para-hydroxylation sites is 3. The van der Waals surface area contributed by atoms with Crippen LogP contribution in [0.25, 0.3) is 66.1 Å². The van der Waals surface area contributed by atoms with Gasteiger partial charge in [0.15, 0.2) is 0 Å². The van der Waals surface area contributed by atoms with Crippen molar-refractivity contribution in [2.45, 2.75) is 19.3 Å². The van der Waals surface area contributed by atoms with E-state index in [4.69, 9.17) is 4.98 Å². The highest BCUT2D eigenvalue weighted by Gasteiger charge is 2.36. The zero-order chi connectivity index (χ0) is 27.3. The molecule has 0 atom stereocenters. The lowest BCUT2D eigenvalue weighted by molar-refractivity contribution is 0.661. The molecule has 194 valence electrons. The minimum atomic E-state index is -0.0451. The Balaban J connectivity index is 1.43. The number of hydrogen-bond donors (Lipinski definition) is 0. The Labute approximate surface area is 237 Å². The van der Waals surface area contributed by atoms with E-state index in [0.717, 1.165) is 22.4 Å². The van der Waals surface area contributed by atoms with Gasteiger partial charge in [-0.1, -0.05) is 98.8 Å². The summed E-state index contributed by atoms with van der Waals surface area (Å²) in [5.74, 6) is 0. The summed E-state index contributed by atoms with van der Waals surface area (Å²) >= 11 is 0. The Kier molecular flexibility index (Phi) is 4.39. The largest absolute Gasteiger partial charge is 0.307 e. The molecular weight excluding hydrogens is 498 g/mol. The normalized spacial score (nSPS) is 13.8. The van der Waals surface area contributed by atoms with Crippen LogP contribution in [0, 0.1) is 0 Å². The van der Waals surface area contributed by atoms with E-state index >= 15 is 0 Å². The number of aromatic nitrogens is 3. The van der Waals surface area contributed by atoms with Gasteiger partial charge in [0.25, 0.3) is 0 Å². The van der Waals surface area contributed by atoms with Crippen molar-refractivity contribution in [3.05, 3.63) is 139 Å². The van der Waals surface area contributed by atoms with E-state index < -0.39 is 0 Å². The van der Waals surface area contributed by atoms with Gasteiger partial charge in [-0.05, 0) is 69.4 Å². The highest BCUT2D eigenvalue weighted by atomic mass is 15.1. The fraction of sp³-hybridized carbons (Fsp3) is 0.0789. The predicted molar refractivity (Wildman–Crippen MR) is 170 cm³/mol. The lowest BCUT2D eigenvalue weighted by atomic mass is 9.82. The molecule has 0 radical (unpaired) electrons. The van der Waals surface area contributed by atoms with Crippen LogP contribution >= 0.6 is 0 Å². The second-order valence-electron chi connectivity index (χ2n) is 11.7.